The maximum atomic E-state index is 12.5. The van der Waals surface area contributed by atoms with Gasteiger partial charge in [-0.3, -0.25) is 4.79 Å². The Balaban J connectivity index is 1.55. The first kappa shape index (κ1) is 15.9. The second kappa shape index (κ2) is 7.09. The van der Waals surface area contributed by atoms with Gasteiger partial charge in [0.1, 0.15) is 5.01 Å². The van der Waals surface area contributed by atoms with Gasteiger partial charge in [0.2, 0.25) is 5.91 Å². The third-order valence-electron chi connectivity index (χ3n) is 5.01. The largest absolute Gasteiger partial charge is 0.347 e. The van der Waals surface area contributed by atoms with E-state index in [9.17, 15) is 4.79 Å². The average Bonchev–Trinajstić information content (AvgIpc) is 3.27. The molecule has 1 aliphatic carbocycles. The van der Waals surface area contributed by atoms with Crippen molar-refractivity contribution in [3.8, 4) is 0 Å². The number of carbonyl (C=O) groups is 1. The van der Waals surface area contributed by atoms with Crippen LogP contribution in [-0.2, 0) is 4.79 Å². The molecule has 1 aromatic heterocycles. The maximum absolute atomic E-state index is 12.5. The highest BCUT2D eigenvalue weighted by atomic mass is 32.1. The summed E-state index contributed by atoms with van der Waals surface area (Å²) in [6, 6.07) is 0.145. The van der Waals surface area contributed by atoms with Crippen LogP contribution >= 0.6 is 11.3 Å². The predicted molar refractivity (Wildman–Crippen MR) is 89.8 cm³/mol. The van der Waals surface area contributed by atoms with E-state index in [0.29, 0.717) is 24.2 Å². The third-order valence-corrected chi connectivity index (χ3v) is 6.05. The van der Waals surface area contributed by atoms with Crippen molar-refractivity contribution in [3.63, 3.8) is 0 Å². The monoisotopic (exact) mass is 321 g/mol. The van der Waals surface area contributed by atoms with Gasteiger partial charge in [-0.1, -0.05) is 6.92 Å². The summed E-state index contributed by atoms with van der Waals surface area (Å²) >= 11 is 1.68. The van der Waals surface area contributed by atoms with Crippen molar-refractivity contribution in [3.05, 3.63) is 16.1 Å². The summed E-state index contributed by atoms with van der Waals surface area (Å²) in [5, 5.41) is 9.83. The molecule has 2 aliphatic rings. The Morgan fingerprint density at radius 1 is 1.36 bits per heavy atom. The number of aromatic nitrogens is 1. The van der Waals surface area contributed by atoms with Crippen molar-refractivity contribution in [2.45, 2.75) is 52.0 Å². The molecule has 2 unspecified atom stereocenters. The molecule has 0 aromatic carbocycles. The fourth-order valence-corrected chi connectivity index (χ4v) is 4.37. The van der Waals surface area contributed by atoms with E-state index in [1.165, 1.54) is 25.7 Å². The fourth-order valence-electron chi connectivity index (χ4n) is 3.43. The van der Waals surface area contributed by atoms with Gasteiger partial charge < -0.3 is 10.6 Å². The second-order valence-corrected chi connectivity index (χ2v) is 7.87. The molecular weight excluding hydrogens is 294 g/mol. The van der Waals surface area contributed by atoms with E-state index in [2.05, 4.69) is 27.9 Å². The number of hydrogen-bond donors (Lipinski definition) is 2. The number of thiazole rings is 1. The molecule has 1 saturated heterocycles. The quantitative estimate of drug-likeness (QED) is 0.847. The van der Waals surface area contributed by atoms with Crippen LogP contribution in [0.1, 0.15) is 55.8 Å². The number of rotatable bonds is 6. The van der Waals surface area contributed by atoms with Crippen molar-refractivity contribution < 1.29 is 4.79 Å². The van der Waals surface area contributed by atoms with Crippen LogP contribution in [-0.4, -0.2) is 24.0 Å². The maximum Gasteiger partial charge on any atom is 0.220 e. The zero-order chi connectivity index (χ0) is 15.5. The van der Waals surface area contributed by atoms with Crippen LogP contribution in [0, 0.1) is 24.7 Å². The Morgan fingerprint density at radius 3 is 2.68 bits per heavy atom. The van der Waals surface area contributed by atoms with Crippen molar-refractivity contribution in [1.29, 1.82) is 0 Å². The number of piperidine rings is 1. The zero-order valence-electron chi connectivity index (χ0n) is 13.6. The molecule has 4 nitrogen and oxygen atoms in total. The lowest BCUT2D eigenvalue weighted by atomic mass is 9.84. The summed E-state index contributed by atoms with van der Waals surface area (Å²) in [4.78, 5) is 17.1. The highest BCUT2D eigenvalue weighted by Crippen LogP contribution is 2.42. The van der Waals surface area contributed by atoms with E-state index in [0.717, 1.165) is 23.8 Å². The molecule has 1 aromatic rings. The second-order valence-electron chi connectivity index (χ2n) is 6.98. The number of nitrogens with one attached hydrogen (secondary N) is 2. The van der Waals surface area contributed by atoms with Crippen LogP contribution in [0.25, 0.3) is 0 Å². The summed E-state index contributed by atoms with van der Waals surface area (Å²) in [7, 11) is 0. The minimum Gasteiger partial charge on any atom is -0.347 e. The van der Waals surface area contributed by atoms with Gasteiger partial charge in [0, 0.05) is 17.5 Å². The van der Waals surface area contributed by atoms with Gasteiger partial charge in [-0.15, -0.1) is 11.3 Å². The fraction of sp³-hybridized carbons (Fsp3) is 0.765. The van der Waals surface area contributed by atoms with Crippen LogP contribution in [0.4, 0.5) is 0 Å². The molecule has 1 amide bonds. The normalized spacial score (nSPS) is 22.3. The zero-order valence-corrected chi connectivity index (χ0v) is 14.4. The van der Waals surface area contributed by atoms with Crippen molar-refractivity contribution in [2.24, 2.45) is 17.8 Å². The van der Waals surface area contributed by atoms with Gasteiger partial charge >= 0.3 is 0 Å². The first-order chi connectivity index (χ1) is 10.6. The summed E-state index contributed by atoms with van der Waals surface area (Å²) in [5.41, 5.74) is 1.06. The smallest absolute Gasteiger partial charge is 0.220 e. The number of carbonyl (C=O) groups excluding carboxylic acids is 1. The molecule has 0 bridgehead atoms. The molecule has 1 aliphatic heterocycles. The molecule has 22 heavy (non-hydrogen) atoms. The first-order valence-electron chi connectivity index (χ1n) is 8.55. The average molecular weight is 321 g/mol. The Hall–Kier alpha value is -0.940. The lowest BCUT2D eigenvalue weighted by molar-refractivity contribution is -0.123. The molecule has 3 rings (SSSR count). The number of hydrogen-bond acceptors (Lipinski definition) is 4. The van der Waals surface area contributed by atoms with E-state index in [1.54, 1.807) is 11.3 Å². The Bertz CT molecular complexity index is 506. The SMILES string of the molecule is Cc1csc(C(NC(=O)CC(C)C2CCNCC2)C2CC2)n1. The molecule has 0 radical (unpaired) electrons. The lowest BCUT2D eigenvalue weighted by Gasteiger charge is -2.28. The topological polar surface area (TPSA) is 54.0 Å². The molecule has 2 heterocycles. The Labute approximate surface area is 137 Å². The standard InChI is InChI=1S/C17H27N3OS/c1-11(13-5-7-18-8-6-13)9-15(21)20-16(14-3-4-14)17-19-12(2)10-22-17/h10-11,13-14,16,18H,3-9H2,1-2H3,(H,20,21). The van der Waals surface area contributed by atoms with Crippen LogP contribution in [0.2, 0.25) is 0 Å². The van der Waals surface area contributed by atoms with E-state index >= 15 is 0 Å². The van der Waals surface area contributed by atoms with Gasteiger partial charge in [-0.2, -0.15) is 0 Å². The van der Waals surface area contributed by atoms with Crippen LogP contribution < -0.4 is 10.6 Å². The molecule has 1 saturated carbocycles. The molecule has 2 atom stereocenters. The summed E-state index contributed by atoms with van der Waals surface area (Å²) in [5.74, 6) is 1.97. The first-order valence-corrected chi connectivity index (χ1v) is 9.43. The molecule has 122 valence electrons. The lowest BCUT2D eigenvalue weighted by Crippen LogP contribution is -2.35. The molecule has 2 fully saturated rings. The molecule has 0 spiro atoms. The summed E-state index contributed by atoms with van der Waals surface area (Å²) in [6.45, 7) is 6.44. The predicted octanol–water partition coefficient (Wildman–Crippen LogP) is 3.04. The molecule has 5 heteroatoms. The van der Waals surface area contributed by atoms with Crippen molar-refractivity contribution >= 4 is 17.2 Å². The Kier molecular flexibility index (Phi) is 5.14. The number of aryl methyl sites for hydroxylation is 1. The van der Waals surface area contributed by atoms with Crippen LogP contribution in [0.15, 0.2) is 5.38 Å². The van der Waals surface area contributed by atoms with Gasteiger partial charge in [-0.25, -0.2) is 4.98 Å². The minimum atomic E-state index is 0.145. The summed E-state index contributed by atoms with van der Waals surface area (Å²) < 4.78 is 0. The van der Waals surface area contributed by atoms with Gasteiger partial charge in [-0.05, 0) is 63.5 Å². The molecular formula is C17H27N3OS. The minimum absolute atomic E-state index is 0.145. The summed E-state index contributed by atoms with van der Waals surface area (Å²) in [6.07, 6.45) is 5.48. The highest BCUT2D eigenvalue weighted by Gasteiger charge is 2.35. The number of nitrogens with zero attached hydrogens (tertiary/aromatic N) is 1. The van der Waals surface area contributed by atoms with E-state index in [-0.39, 0.29) is 11.9 Å². The third kappa shape index (κ3) is 4.07. The Morgan fingerprint density at radius 2 is 2.09 bits per heavy atom. The van der Waals surface area contributed by atoms with Gasteiger partial charge in [0.15, 0.2) is 0 Å². The number of amides is 1. The van der Waals surface area contributed by atoms with E-state index in [1.807, 2.05) is 6.92 Å². The van der Waals surface area contributed by atoms with Crippen molar-refractivity contribution in [2.75, 3.05) is 13.1 Å². The highest BCUT2D eigenvalue weighted by molar-refractivity contribution is 7.09. The van der Waals surface area contributed by atoms with E-state index in [4.69, 9.17) is 0 Å². The van der Waals surface area contributed by atoms with Crippen LogP contribution in [0.3, 0.4) is 0 Å². The van der Waals surface area contributed by atoms with Crippen molar-refractivity contribution in [1.82, 2.24) is 15.6 Å². The van der Waals surface area contributed by atoms with Crippen LogP contribution in [0.5, 0.6) is 0 Å². The van der Waals surface area contributed by atoms with Gasteiger partial charge in [0.25, 0.3) is 0 Å². The van der Waals surface area contributed by atoms with E-state index < -0.39 is 0 Å². The van der Waals surface area contributed by atoms with Gasteiger partial charge in [0.05, 0.1) is 6.04 Å². The molecule has 2 N–H and O–H groups in total.